The number of aromatic nitrogens is 1. The second-order valence-corrected chi connectivity index (χ2v) is 8.76. The standard InChI is InChI=1S/C22H27N3O3S/c1-15(2)24-21(26)19-12-18(29-20-6-4-5-11-23-20)14-25(19)13-16-7-9-17(10-8-16)22(27)28-3/h4-11,15,18-19H,12-14H2,1-3H3,(H,24,26)/t18-,19+/m1/s1. The van der Waals surface area contributed by atoms with E-state index in [1.165, 1.54) is 7.11 Å². The third kappa shape index (κ3) is 5.81. The second-order valence-electron chi connectivity index (χ2n) is 7.44. The van der Waals surface area contributed by atoms with Gasteiger partial charge in [-0.25, -0.2) is 9.78 Å². The molecular formula is C22H27N3O3S. The summed E-state index contributed by atoms with van der Waals surface area (Å²) in [6, 6.07) is 13.2. The molecule has 1 aliphatic heterocycles. The van der Waals surface area contributed by atoms with Crippen molar-refractivity contribution in [2.24, 2.45) is 0 Å². The Hall–Kier alpha value is -2.38. The highest BCUT2D eigenvalue weighted by atomic mass is 32.2. The summed E-state index contributed by atoms with van der Waals surface area (Å²) >= 11 is 1.72. The molecule has 3 rings (SSSR count). The summed E-state index contributed by atoms with van der Waals surface area (Å²) in [4.78, 5) is 31.1. The van der Waals surface area contributed by atoms with Gasteiger partial charge in [0.1, 0.15) is 0 Å². The Morgan fingerprint density at radius 1 is 1.24 bits per heavy atom. The van der Waals surface area contributed by atoms with E-state index in [1.54, 1.807) is 30.1 Å². The van der Waals surface area contributed by atoms with Crippen LogP contribution in [0.4, 0.5) is 0 Å². The lowest BCUT2D eigenvalue weighted by Crippen LogP contribution is -2.45. The predicted octanol–water partition coefficient (Wildman–Crippen LogP) is 3.13. The van der Waals surface area contributed by atoms with E-state index in [2.05, 4.69) is 15.2 Å². The van der Waals surface area contributed by atoms with Crippen LogP contribution in [0.3, 0.4) is 0 Å². The van der Waals surface area contributed by atoms with Gasteiger partial charge in [-0.05, 0) is 50.1 Å². The molecule has 1 aromatic heterocycles. The van der Waals surface area contributed by atoms with Gasteiger partial charge in [0.15, 0.2) is 0 Å². The smallest absolute Gasteiger partial charge is 0.337 e. The van der Waals surface area contributed by atoms with Crippen LogP contribution in [0, 0.1) is 0 Å². The average molecular weight is 414 g/mol. The molecule has 0 aliphatic carbocycles. The first kappa shape index (κ1) is 21.3. The minimum Gasteiger partial charge on any atom is -0.465 e. The van der Waals surface area contributed by atoms with Gasteiger partial charge in [-0.15, -0.1) is 11.8 Å². The maximum Gasteiger partial charge on any atom is 0.337 e. The monoisotopic (exact) mass is 413 g/mol. The van der Waals surface area contributed by atoms with Crippen LogP contribution in [-0.4, -0.2) is 52.7 Å². The molecule has 0 radical (unpaired) electrons. The van der Waals surface area contributed by atoms with E-state index in [9.17, 15) is 9.59 Å². The molecular weight excluding hydrogens is 386 g/mol. The van der Waals surface area contributed by atoms with E-state index in [0.717, 1.165) is 23.6 Å². The number of nitrogens with zero attached hydrogens (tertiary/aromatic N) is 2. The fourth-order valence-electron chi connectivity index (χ4n) is 3.46. The number of likely N-dealkylation sites (tertiary alicyclic amines) is 1. The first-order valence-corrected chi connectivity index (χ1v) is 10.6. The van der Waals surface area contributed by atoms with Crippen molar-refractivity contribution in [1.82, 2.24) is 15.2 Å². The van der Waals surface area contributed by atoms with Gasteiger partial charge >= 0.3 is 5.97 Å². The largest absolute Gasteiger partial charge is 0.465 e. The Bertz CT molecular complexity index is 827. The molecule has 0 saturated carbocycles. The lowest BCUT2D eigenvalue weighted by Gasteiger charge is -2.24. The van der Waals surface area contributed by atoms with Gasteiger partial charge in [0.25, 0.3) is 0 Å². The molecule has 154 valence electrons. The molecule has 1 N–H and O–H groups in total. The van der Waals surface area contributed by atoms with E-state index in [-0.39, 0.29) is 24.0 Å². The number of pyridine rings is 1. The van der Waals surface area contributed by atoms with Crippen LogP contribution in [-0.2, 0) is 16.1 Å². The van der Waals surface area contributed by atoms with Crippen LogP contribution < -0.4 is 5.32 Å². The number of ether oxygens (including phenoxy) is 1. The zero-order valence-electron chi connectivity index (χ0n) is 17.0. The highest BCUT2D eigenvalue weighted by molar-refractivity contribution is 7.99. The summed E-state index contributed by atoms with van der Waals surface area (Å²) in [6.45, 7) is 5.40. The molecule has 0 bridgehead atoms. The molecule has 1 aliphatic rings. The third-order valence-electron chi connectivity index (χ3n) is 4.78. The van der Waals surface area contributed by atoms with Crippen LogP contribution in [0.5, 0.6) is 0 Å². The fraction of sp³-hybridized carbons (Fsp3) is 0.409. The van der Waals surface area contributed by atoms with Crippen molar-refractivity contribution in [1.29, 1.82) is 0 Å². The maximum atomic E-state index is 12.8. The first-order chi connectivity index (χ1) is 14.0. The lowest BCUT2D eigenvalue weighted by atomic mass is 10.1. The Morgan fingerprint density at radius 2 is 2.00 bits per heavy atom. The molecule has 1 amide bonds. The number of carbonyl (C=O) groups excluding carboxylic acids is 2. The van der Waals surface area contributed by atoms with Crippen LogP contribution in [0.2, 0.25) is 0 Å². The molecule has 2 atom stereocenters. The van der Waals surface area contributed by atoms with Crippen LogP contribution in [0.1, 0.15) is 36.2 Å². The molecule has 7 heteroatoms. The summed E-state index contributed by atoms with van der Waals surface area (Å²) < 4.78 is 4.75. The van der Waals surface area contributed by atoms with Gasteiger partial charge in [-0.3, -0.25) is 9.69 Å². The van der Waals surface area contributed by atoms with Crippen molar-refractivity contribution >= 4 is 23.6 Å². The van der Waals surface area contributed by atoms with Crippen molar-refractivity contribution in [2.45, 2.75) is 49.2 Å². The van der Waals surface area contributed by atoms with Crippen molar-refractivity contribution in [3.8, 4) is 0 Å². The Morgan fingerprint density at radius 3 is 2.62 bits per heavy atom. The zero-order chi connectivity index (χ0) is 20.8. The molecule has 2 heterocycles. The van der Waals surface area contributed by atoms with E-state index in [0.29, 0.717) is 17.4 Å². The number of amides is 1. The minimum absolute atomic E-state index is 0.0651. The Kier molecular flexibility index (Phi) is 7.28. The SMILES string of the molecule is COC(=O)c1ccc(CN2C[C@H](Sc3ccccn3)C[C@H]2C(=O)NC(C)C)cc1. The molecule has 1 saturated heterocycles. The van der Waals surface area contributed by atoms with E-state index in [4.69, 9.17) is 4.74 Å². The van der Waals surface area contributed by atoms with Crippen LogP contribution >= 0.6 is 11.8 Å². The van der Waals surface area contributed by atoms with Gasteiger partial charge in [0.05, 0.1) is 23.7 Å². The minimum atomic E-state index is -0.348. The second kappa shape index (κ2) is 9.89. The van der Waals surface area contributed by atoms with Crippen molar-refractivity contribution in [2.75, 3.05) is 13.7 Å². The average Bonchev–Trinajstić information content (AvgIpc) is 3.10. The number of hydrogen-bond acceptors (Lipinski definition) is 6. The van der Waals surface area contributed by atoms with Crippen molar-refractivity contribution in [3.63, 3.8) is 0 Å². The summed E-state index contributed by atoms with van der Waals surface area (Å²) in [5.74, 6) is -0.283. The highest BCUT2D eigenvalue weighted by Crippen LogP contribution is 2.33. The third-order valence-corrected chi connectivity index (χ3v) is 5.94. The summed E-state index contributed by atoms with van der Waals surface area (Å²) in [7, 11) is 1.37. The van der Waals surface area contributed by atoms with E-state index < -0.39 is 0 Å². The van der Waals surface area contributed by atoms with Crippen LogP contribution in [0.15, 0.2) is 53.7 Å². The van der Waals surface area contributed by atoms with Gasteiger partial charge in [0, 0.05) is 30.6 Å². The molecule has 29 heavy (non-hydrogen) atoms. The zero-order valence-corrected chi connectivity index (χ0v) is 17.8. The van der Waals surface area contributed by atoms with Crippen LogP contribution in [0.25, 0.3) is 0 Å². The number of methoxy groups -OCH3 is 1. The number of benzene rings is 1. The van der Waals surface area contributed by atoms with Crippen molar-refractivity contribution < 1.29 is 14.3 Å². The molecule has 0 unspecified atom stereocenters. The fourth-order valence-corrected chi connectivity index (χ4v) is 4.63. The Balaban J connectivity index is 1.72. The quantitative estimate of drug-likeness (QED) is 0.703. The maximum absolute atomic E-state index is 12.8. The number of thioether (sulfide) groups is 1. The van der Waals surface area contributed by atoms with Gasteiger partial charge in [-0.1, -0.05) is 18.2 Å². The molecule has 1 fully saturated rings. The summed E-state index contributed by atoms with van der Waals surface area (Å²) in [6.07, 6.45) is 2.57. The molecule has 6 nitrogen and oxygen atoms in total. The van der Waals surface area contributed by atoms with Gasteiger partial charge in [0.2, 0.25) is 5.91 Å². The first-order valence-electron chi connectivity index (χ1n) is 9.75. The Labute approximate surface area is 176 Å². The number of esters is 1. The number of carbonyl (C=O) groups is 2. The molecule has 2 aromatic rings. The van der Waals surface area contributed by atoms with Crippen molar-refractivity contribution in [3.05, 3.63) is 59.8 Å². The van der Waals surface area contributed by atoms with Gasteiger partial charge in [-0.2, -0.15) is 0 Å². The number of hydrogen-bond donors (Lipinski definition) is 1. The summed E-state index contributed by atoms with van der Waals surface area (Å²) in [5, 5.41) is 4.32. The molecule has 0 spiro atoms. The predicted molar refractivity (Wildman–Crippen MR) is 114 cm³/mol. The summed E-state index contributed by atoms with van der Waals surface area (Å²) in [5.41, 5.74) is 1.58. The highest BCUT2D eigenvalue weighted by Gasteiger charge is 2.37. The normalized spacial score (nSPS) is 19.3. The topological polar surface area (TPSA) is 71.5 Å². The lowest BCUT2D eigenvalue weighted by molar-refractivity contribution is -0.126. The number of rotatable bonds is 7. The van der Waals surface area contributed by atoms with Gasteiger partial charge < -0.3 is 10.1 Å². The van der Waals surface area contributed by atoms with E-state index >= 15 is 0 Å². The molecule has 1 aromatic carbocycles. The van der Waals surface area contributed by atoms with E-state index in [1.807, 2.05) is 44.2 Å². The number of nitrogens with one attached hydrogen (secondary N) is 1.